The maximum absolute atomic E-state index is 14.0. The molecule has 194 valence electrons. The van der Waals surface area contributed by atoms with Crippen molar-refractivity contribution in [3.63, 3.8) is 0 Å². The largest absolute Gasteiger partial charge is 0.459 e. The van der Waals surface area contributed by atoms with Crippen LogP contribution < -0.4 is 10.2 Å². The second-order valence-corrected chi connectivity index (χ2v) is 9.91. The molecule has 1 aliphatic carbocycles. The van der Waals surface area contributed by atoms with Gasteiger partial charge in [0, 0.05) is 23.6 Å². The van der Waals surface area contributed by atoms with Gasteiger partial charge in [-0.3, -0.25) is 19.5 Å². The fourth-order valence-electron chi connectivity index (χ4n) is 5.32. The normalized spacial score (nSPS) is 15.4. The summed E-state index contributed by atoms with van der Waals surface area (Å²) in [5.74, 6) is 0.0118. The summed E-state index contributed by atoms with van der Waals surface area (Å²) in [4.78, 5) is 33.6. The SMILES string of the molecule is C[C@H](NC(=O)C(c1cccnc1)N(C(=O)c1ccco1)c1ccc(C2CCCCC2)cc1)c1ccccc1. The van der Waals surface area contributed by atoms with Gasteiger partial charge < -0.3 is 9.73 Å². The van der Waals surface area contributed by atoms with Crippen molar-refractivity contribution in [2.24, 2.45) is 0 Å². The lowest BCUT2D eigenvalue weighted by atomic mass is 9.84. The van der Waals surface area contributed by atoms with E-state index in [-0.39, 0.29) is 17.7 Å². The maximum atomic E-state index is 14.0. The number of aromatic nitrogens is 1. The highest BCUT2D eigenvalue weighted by atomic mass is 16.3. The van der Waals surface area contributed by atoms with E-state index in [2.05, 4.69) is 22.4 Å². The van der Waals surface area contributed by atoms with Crippen molar-refractivity contribution in [1.82, 2.24) is 10.3 Å². The number of pyridine rings is 1. The first-order valence-corrected chi connectivity index (χ1v) is 13.3. The Kier molecular flexibility index (Phi) is 7.98. The zero-order valence-corrected chi connectivity index (χ0v) is 21.6. The Labute approximate surface area is 223 Å². The van der Waals surface area contributed by atoms with Gasteiger partial charge >= 0.3 is 0 Å². The lowest BCUT2D eigenvalue weighted by Crippen LogP contribution is -2.44. The molecular formula is C32H33N3O3. The highest BCUT2D eigenvalue weighted by Crippen LogP contribution is 2.35. The number of rotatable bonds is 8. The summed E-state index contributed by atoms with van der Waals surface area (Å²) in [5.41, 5.74) is 3.49. The molecule has 0 saturated heterocycles. The van der Waals surface area contributed by atoms with Crippen LogP contribution in [0, 0.1) is 0 Å². The Bertz CT molecular complexity index is 1320. The topological polar surface area (TPSA) is 75.4 Å². The number of nitrogens with zero attached hydrogens (tertiary/aromatic N) is 2. The molecule has 6 nitrogen and oxygen atoms in total. The van der Waals surface area contributed by atoms with Gasteiger partial charge in [0.1, 0.15) is 6.04 Å². The molecule has 4 aromatic rings. The minimum atomic E-state index is -0.951. The molecule has 2 atom stereocenters. The molecule has 38 heavy (non-hydrogen) atoms. The third-order valence-corrected chi connectivity index (χ3v) is 7.36. The summed E-state index contributed by atoms with van der Waals surface area (Å²) in [6.45, 7) is 1.94. The molecule has 6 heteroatoms. The highest BCUT2D eigenvalue weighted by molar-refractivity contribution is 6.08. The second-order valence-electron chi connectivity index (χ2n) is 9.91. The van der Waals surface area contributed by atoms with Crippen LogP contribution in [0.25, 0.3) is 0 Å². The molecule has 0 radical (unpaired) electrons. The van der Waals surface area contributed by atoms with Crippen molar-refractivity contribution in [3.05, 3.63) is 120 Å². The number of benzene rings is 2. The first-order valence-electron chi connectivity index (χ1n) is 13.3. The fourth-order valence-corrected chi connectivity index (χ4v) is 5.32. The van der Waals surface area contributed by atoms with Crippen molar-refractivity contribution >= 4 is 17.5 Å². The number of nitrogens with one attached hydrogen (secondary N) is 1. The average molecular weight is 508 g/mol. The number of carbonyl (C=O) groups is 2. The standard InChI is InChI=1S/C32H33N3O3/c1-23(24-10-4-2-5-11-24)34-31(36)30(27-14-8-20-33-22-27)35(32(37)29-15-9-21-38-29)28-18-16-26(17-19-28)25-12-6-3-7-13-25/h2,4-5,8-11,14-23,25,30H,3,6-7,12-13H2,1H3,(H,34,36)/t23-,30?/m0/s1. The van der Waals surface area contributed by atoms with E-state index in [1.807, 2.05) is 55.5 Å². The van der Waals surface area contributed by atoms with Gasteiger partial charge in [0.25, 0.3) is 5.91 Å². The van der Waals surface area contributed by atoms with Crippen LogP contribution in [0.3, 0.4) is 0 Å². The van der Waals surface area contributed by atoms with E-state index in [1.165, 1.54) is 48.8 Å². The van der Waals surface area contributed by atoms with Gasteiger partial charge in [0.05, 0.1) is 12.3 Å². The number of furan rings is 1. The molecule has 2 heterocycles. The Balaban J connectivity index is 1.53. The number of hydrogen-bond donors (Lipinski definition) is 1. The summed E-state index contributed by atoms with van der Waals surface area (Å²) in [7, 11) is 0. The molecule has 0 bridgehead atoms. The quantitative estimate of drug-likeness (QED) is 0.279. The number of amides is 2. The minimum absolute atomic E-state index is 0.166. The lowest BCUT2D eigenvalue weighted by molar-refractivity contribution is -0.123. The molecule has 2 aromatic heterocycles. The fraction of sp³-hybridized carbons (Fsp3) is 0.281. The number of anilines is 1. The molecule has 1 fully saturated rings. The molecule has 2 amide bonds. The highest BCUT2D eigenvalue weighted by Gasteiger charge is 2.35. The zero-order chi connectivity index (χ0) is 26.3. The molecule has 1 unspecified atom stereocenters. The summed E-state index contributed by atoms with van der Waals surface area (Å²) in [5, 5.41) is 3.12. The second kappa shape index (κ2) is 11.9. The van der Waals surface area contributed by atoms with Crippen LogP contribution in [0.2, 0.25) is 0 Å². The van der Waals surface area contributed by atoms with E-state index in [4.69, 9.17) is 4.42 Å². The van der Waals surface area contributed by atoms with Crippen molar-refractivity contribution in [3.8, 4) is 0 Å². The van der Waals surface area contributed by atoms with Gasteiger partial charge in [0.2, 0.25) is 5.91 Å². The summed E-state index contributed by atoms with van der Waals surface area (Å²) in [6.07, 6.45) is 10.9. The van der Waals surface area contributed by atoms with Gasteiger partial charge in [-0.15, -0.1) is 0 Å². The monoisotopic (exact) mass is 507 g/mol. The van der Waals surface area contributed by atoms with E-state index in [0.29, 0.717) is 17.2 Å². The van der Waals surface area contributed by atoms with Gasteiger partial charge in [-0.05, 0) is 67.1 Å². The molecule has 1 aliphatic rings. The van der Waals surface area contributed by atoms with Crippen LogP contribution >= 0.6 is 0 Å². The van der Waals surface area contributed by atoms with Crippen LogP contribution in [-0.2, 0) is 4.79 Å². The number of hydrogen-bond acceptors (Lipinski definition) is 4. The van der Waals surface area contributed by atoms with Crippen molar-refractivity contribution in [2.75, 3.05) is 4.90 Å². The minimum Gasteiger partial charge on any atom is -0.459 e. The molecule has 5 rings (SSSR count). The van der Waals surface area contributed by atoms with Gasteiger partial charge in [-0.25, -0.2) is 0 Å². The maximum Gasteiger partial charge on any atom is 0.294 e. The molecule has 1 saturated carbocycles. The molecule has 1 N–H and O–H groups in total. The van der Waals surface area contributed by atoms with E-state index in [9.17, 15) is 9.59 Å². The molecule has 2 aromatic carbocycles. The predicted octanol–water partition coefficient (Wildman–Crippen LogP) is 6.99. The van der Waals surface area contributed by atoms with E-state index in [1.54, 1.807) is 30.6 Å². The van der Waals surface area contributed by atoms with Crippen LogP contribution in [0.4, 0.5) is 5.69 Å². The predicted molar refractivity (Wildman–Crippen MR) is 148 cm³/mol. The van der Waals surface area contributed by atoms with Crippen LogP contribution in [-0.4, -0.2) is 16.8 Å². The number of carbonyl (C=O) groups excluding carboxylic acids is 2. The Morgan fingerprint density at radius 3 is 2.29 bits per heavy atom. The Hall–Kier alpha value is -4.19. The smallest absolute Gasteiger partial charge is 0.294 e. The summed E-state index contributed by atoms with van der Waals surface area (Å²) >= 11 is 0. The van der Waals surface area contributed by atoms with Crippen molar-refractivity contribution in [1.29, 1.82) is 0 Å². The zero-order valence-electron chi connectivity index (χ0n) is 21.6. The van der Waals surface area contributed by atoms with Crippen LogP contribution in [0.15, 0.2) is 102 Å². The molecule has 0 aliphatic heterocycles. The van der Waals surface area contributed by atoms with Crippen LogP contribution in [0.1, 0.15) is 84.3 Å². The van der Waals surface area contributed by atoms with Crippen molar-refractivity contribution in [2.45, 2.75) is 57.0 Å². The average Bonchev–Trinajstić information content (AvgIpc) is 3.52. The van der Waals surface area contributed by atoms with E-state index < -0.39 is 11.9 Å². The molecule has 0 spiro atoms. The Morgan fingerprint density at radius 1 is 0.895 bits per heavy atom. The first-order chi connectivity index (χ1) is 18.6. The van der Waals surface area contributed by atoms with Crippen LogP contribution in [0.5, 0.6) is 0 Å². The summed E-state index contributed by atoms with van der Waals surface area (Å²) in [6, 6.07) is 23.5. The lowest BCUT2D eigenvalue weighted by Gasteiger charge is -2.32. The van der Waals surface area contributed by atoms with E-state index >= 15 is 0 Å². The Morgan fingerprint density at radius 2 is 1.63 bits per heavy atom. The first kappa shape index (κ1) is 25.5. The van der Waals surface area contributed by atoms with Crippen molar-refractivity contribution < 1.29 is 14.0 Å². The van der Waals surface area contributed by atoms with E-state index in [0.717, 1.165) is 5.56 Å². The third-order valence-electron chi connectivity index (χ3n) is 7.36. The summed E-state index contributed by atoms with van der Waals surface area (Å²) < 4.78 is 5.49. The van der Waals surface area contributed by atoms with Gasteiger partial charge in [0.15, 0.2) is 5.76 Å². The van der Waals surface area contributed by atoms with Gasteiger partial charge in [-0.2, -0.15) is 0 Å². The van der Waals surface area contributed by atoms with Gasteiger partial charge in [-0.1, -0.05) is 67.8 Å². The third kappa shape index (κ3) is 5.70. The molecular weight excluding hydrogens is 474 g/mol.